The van der Waals surface area contributed by atoms with Crippen molar-refractivity contribution in [2.24, 2.45) is 5.92 Å². The molecule has 0 radical (unpaired) electrons. The highest BCUT2D eigenvalue weighted by atomic mass is 32.2. The zero-order valence-corrected chi connectivity index (χ0v) is 10.2. The normalized spacial score (nSPS) is 19.8. The molecule has 6 nitrogen and oxygen atoms in total. The van der Waals surface area contributed by atoms with Gasteiger partial charge in [-0.2, -0.15) is 12.7 Å². The van der Waals surface area contributed by atoms with Gasteiger partial charge in [-0.25, -0.2) is 4.72 Å². The largest absolute Gasteiger partial charge is 0.481 e. The first kappa shape index (κ1) is 13.4. The highest BCUT2D eigenvalue weighted by Gasteiger charge is 2.30. The first-order valence-corrected chi connectivity index (χ1v) is 6.89. The molecule has 0 unspecified atom stereocenters. The van der Waals surface area contributed by atoms with Crippen LogP contribution in [0.5, 0.6) is 0 Å². The Bertz CT molecular complexity index is 333. The summed E-state index contributed by atoms with van der Waals surface area (Å²) < 4.78 is 27.2. The third-order valence-electron chi connectivity index (χ3n) is 2.68. The van der Waals surface area contributed by atoms with Crippen LogP contribution in [0.4, 0.5) is 0 Å². The Morgan fingerprint density at radius 2 is 2.00 bits per heavy atom. The van der Waals surface area contributed by atoms with Gasteiger partial charge in [0.1, 0.15) is 0 Å². The molecule has 2 N–H and O–H groups in total. The Labute approximate surface area is 95.8 Å². The summed E-state index contributed by atoms with van der Waals surface area (Å²) in [5, 5.41) is 8.79. The number of nitrogens with zero attached hydrogens (tertiary/aromatic N) is 1. The summed E-state index contributed by atoms with van der Waals surface area (Å²) >= 11 is 0. The lowest BCUT2D eigenvalue weighted by molar-refractivity contribution is -0.142. The van der Waals surface area contributed by atoms with Gasteiger partial charge in [0.15, 0.2) is 0 Å². The Balaban J connectivity index is 2.50. The van der Waals surface area contributed by atoms with E-state index in [0.717, 1.165) is 6.42 Å². The number of carbonyl (C=O) groups is 1. The van der Waals surface area contributed by atoms with E-state index in [4.69, 9.17) is 5.11 Å². The minimum atomic E-state index is -3.40. The Morgan fingerprint density at radius 3 is 2.44 bits per heavy atom. The number of carboxylic acids is 1. The van der Waals surface area contributed by atoms with Crippen LogP contribution >= 0.6 is 0 Å². The van der Waals surface area contributed by atoms with Crippen LogP contribution in [0.3, 0.4) is 0 Å². The number of nitrogens with one attached hydrogen (secondary N) is 1. The first-order chi connectivity index (χ1) is 7.47. The van der Waals surface area contributed by atoms with E-state index in [1.807, 2.05) is 6.92 Å². The molecular weight excluding hydrogens is 232 g/mol. The van der Waals surface area contributed by atoms with Gasteiger partial charge in [0.25, 0.3) is 10.2 Å². The van der Waals surface area contributed by atoms with Gasteiger partial charge < -0.3 is 5.11 Å². The molecule has 1 heterocycles. The van der Waals surface area contributed by atoms with Crippen LogP contribution in [-0.4, -0.2) is 43.4 Å². The minimum absolute atomic E-state index is 0.288. The first-order valence-electron chi connectivity index (χ1n) is 5.45. The van der Waals surface area contributed by atoms with Crippen LogP contribution in [0.15, 0.2) is 0 Å². The number of carboxylic acid groups (broad SMARTS) is 1. The van der Waals surface area contributed by atoms with Crippen molar-refractivity contribution in [3.05, 3.63) is 0 Å². The Kier molecular flexibility index (Phi) is 4.69. The summed E-state index contributed by atoms with van der Waals surface area (Å²) in [5.41, 5.74) is 0. The maximum atomic E-state index is 11.7. The lowest BCUT2D eigenvalue weighted by Crippen LogP contribution is -2.46. The van der Waals surface area contributed by atoms with E-state index in [1.165, 1.54) is 4.31 Å². The molecule has 0 bridgehead atoms. The molecule has 1 saturated heterocycles. The second-order valence-electron chi connectivity index (χ2n) is 3.91. The summed E-state index contributed by atoms with van der Waals surface area (Å²) in [6.45, 7) is 2.88. The van der Waals surface area contributed by atoms with Crippen molar-refractivity contribution < 1.29 is 18.3 Å². The van der Waals surface area contributed by atoms with Crippen LogP contribution in [0.25, 0.3) is 0 Å². The fourth-order valence-corrected chi connectivity index (χ4v) is 3.00. The summed E-state index contributed by atoms with van der Waals surface area (Å²) in [5.74, 6) is -1.24. The Hall–Kier alpha value is -0.660. The van der Waals surface area contributed by atoms with Crippen LogP contribution in [-0.2, 0) is 15.0 Å². The monoisotopic (exact) mass is 250 g/mol. The molecule has 1 aliphatic heterocycles. The topological polar surface area (TPSA) is 86.7 Å². The zero-order valence-electron chi connectivity index (χ0n) is 9.35. The van der Waals surface area contributed by atoms with Crippen LogP contribution in [0.1, 0.15) is 26.2 Å². The van der Waals surface area contributed by atoms with E-state index >= 15 is 0 Å². The molecule has 0 aromatic carbocycles. The van der Waals surface area contributed by atoms with Crippen molar-refractivity contribution >= 4 is 16.2 Å². The zero-order chi connectivity index (χ0) is 12.2. The Morgan fingerprint density at radius 1 is 1.44 bits per heavy atom. The molecule has 0 spiro atoms. The highest BCUT2D eigenvalue weighted by molar-refractivity contribution is 7.87. The van der Waals surface area contributed by atoms with Crippen LogP contribution < -0.4 is 4.72 Å². The second kappa shape index (κ2) is 5.60. The lowest BCUT2D eigenvalue weighted by atomic mass is 9.99. The van der Waals surface area contributed by atoms with E-state index < -0.39 is 22.1 Å². The molecule has 0 saturated carbocycles. The molecule has 1 rings (SSSR count). The van der Waals surface area contributed by atoms with Gasteiger partial charge in [-0.1, -0.05) is 6.92 Å². The molecule has 16 heavy (non-hydrogen) atoms. The predicted molar refractivity (Wildman–Crippen MR) is 59.1 cm³/mol. The second-order valence-corrected chi connectivity index (χ2v) is 5.67. The molecule has 0 aromatic rings. The lowest BCUT2D eigenvalue weighted by Gasteiger charge is -2.29. The van der Waals surface area contributed by atoms with Gasteiger partial charge in [0.05, 0.1) is 5.92 Å². The predicted octanol–water partition coefficient (Wildman–Crippen LogP) is 0.0274. The number of hydrogen-bond acceptors (Lipinski definition) is 3. The van der Waals surface area contributed by atoms with Gasteiger partial charge >= 0.3 is 5.97 Å². The summed E-state index contributed by atoms with van der Waals surface area (Å²) in [7, 11) is -3.40. The highest BCUT2D eigenvalue weighted by Crippen LogP contribution is 2.18. The van der Waals surface area contributed by atoms with Crippen molar-refractivity contribution in [2.45, 2.75) is 26.2 Å². The number of piperidine rings is 1. The fraction of sp³-hybridized carbons (Fsp3) is 0.889. The van der Waals surface area contributed by atoms with E-state index in [9.17, 15) is 13.2 Å². The van der Waals surface area contributed by atoms with Gasteiger partial charge in [-0.05, 0) is 19.3 Å². The van der Waals surface area contributed by atoms with Crippen molar-refractivity contribution in [1.82, 2.24) is 9.03 Å². The van der Waals surface area contributed by atoms with Crippen molar-refractivity contribution in [2.75, 3.05) is 19.6 Å². The quantitative estimate of drug-likeness (QED) is 0.720. The van der Waals surface area contributed by atoms with E-state index in [-0.39, 0.29) is 13.1 Å². The maximum absolute atomic E-state index is 11.7. The van der Waals surface area contributed by atoms with Crippen molar-refractivity contribution in [1.29, 1.82) is 0 Å². The minimum Gasteiger partial charge on any atom is -0.481 e. The molecule has 0 atom stereocenters. The maximum Gasteiger partial charge on any atom is 0.306 e. The molecule has 0 aromatic heterocycles. The number of rotatable bonds is 5. The van der Waals surface area contributed by atoms with Gasteiger partial charge in [-0.15, -0.1) is 0 Å². The molecule has 7 heteroatoms. The standard InChI is InChI=1S/C9H18N2O4S/c1-2-5-10-16(14,15)11-6-3-8(4-7-11)9(12)13/h8,10H,2-7H2,1H3,(H,12,13). The summed E-state index contributed by atoms with van der Waals surface area (Å²) in [6, 6.07) is 0. The smallest absolute Gasteiger partial charge is 0.306 e. The van der Waals surface area contributed by atoms with Gasteiger partial charge in [-0.3, -0.25) is 4.79 Å². The molecule has 0 aliphatic carbocycles. The van der Waals surface area contributed by atoms with Gasteiger partial charge in [0, 0.05) is 19.6 Å². The number of aliphatic carboxylic acids is 1. The SMILES string of the molecule is CCCNS(=O)(=O)N1CCC(C(=O)O)CC1. The van der Waals surface area contributed by atoms with Crippen molar-refractivity contribution in [3.8, 4) is 0 Å². The van der Waals surface area contributed by atoms with E-state index in [2.05, 4.69) is 4.72 Å². The van der Waals surface area contributed by atoms with Crippen LogP contribution in [0, 0.1) is 5.92 Å². The molecular formula is C9H18N2O4S. The average Bonchev–Trinajstić information content (AvgIpc) is 2.26. The summed E-state index contributed by atoms with van der Waals surface area (Å²) in [4.78, 5) is 10.7. The third kappa shape index (κ3) is 3.43. The molecule has 0 amide bonds. The fourth-order valence-electron chi connectivity index (χ4n) is 1.67. The van der Waals surface area contributed by atoms with Gasteiger partial charge in [0.2, 0.25) is 0 Å². The van der Waals surface area contributed by atoms with Crippen LogP contribution in [0.2, 0.25) is 0 Å². The van der Waals surface area contributed by atoms with E-state index in [0.29, 0.717) is 19.4 Å². The number of hydrogen-bond donors (Lipinski definition) is 2. The molecule has 1 aliphatic rings. The average molecular weight is 250 g/mol. The molecule has 94 valence electrons. The summed E-state index contributed by atoms with van der Waals surface area (Å²) in [6.07, 6.45) is 1.52. The molecule has 1 fully saturated rings. The van der Waals surface area contributed by atoms with E-state index in [1.54, 1.807) is 0 Å². The van der Waals surface area contributed by atoms with Crippen molar-refractivity contribution in [3.63, 3.8) is 0 Å². The third-order valence-corrected chi connectivity index (χ3v) is 4.29.